The largest absolute Gasteiger partial charge is 0.397 e. The van der Waals surface area contributed by atoms with Gasteiger partial charge in [0.1, 0.15) is 11.2 Å². The molecule has 0 aliphatic carbocycles. The number of hydrogen-bond acceptors (Lipinski definition) is 4. The number of carbonyl (C=O) groups is 2. The van der Waals surface area contributed by atoms with Crippen LogP contribution in [0, 0.1) is 6.92 Å². The van der Waals surface area contributed by atoms with Crippen LogP contribution in [0.4, 0.5) is 17.1 Å². The van der Waals surface area contributed by atoms with Crippen LogP contribution in [0.1, 0.15) is 26.4 Å². The van der Waals surface area contributed by atoms with E-state index in [4.69, 9.17) is 5.73 Å². The molecule has 0 aliphatic heterocycles. The number of nitrogens with two attached hydrogens (primary N) is 1. The third-order valence-corrected chi connectivity index (χ3v) is 6.26. The number of anilines is 3. The van der Waals surface area contributed by atoms with Crippen molar-refractivity contribution in [1.29, 1.82) is 0 Å². The molecule has 0 atom stereocenters. The topological polar surface area (TPSA) is 122 Å². The van der Waals surface area contributed by atoms with Crippen molar-refractivity contribution < 1.29 is 9.59 Å². The molecule has 2 amide bonds. The average Bonchev–Trinajstić information content (AvgIpc) is 3.35. The lowest BCUT2D eigenvalue weighted by molar-refractivity contribution is 0.101. The standard InChI is InChI=1S/C29H25N5O3/c1-17-7-3-4-8-20(17)22-16-34(2)29(37)26-21(22)15-25(32-26)28(36)31-19-13-11-18(12-14-19)27(35)33-24-10-6-5-9-23(24)30/h3-16,32H,30H2,1-2H3,(H,31,36)(H,33,35). The van der Waals surface area contributed by atoms with Crippen LogP contribution in [0.3, 0.4) is 0 Å². The quantitative estimate of drug-likeness (QED) is 0.260. The molecule has 2 heterocycles. The Hall–Kier alpha value is -5.11. The highest BCUT2D eigenvalue weighted by molar-refractivity contribution is 6.09. The minimum atomic E-state index is -0.400. The molecule has 8 heteroatoms. The van der Waals surface area contributed by atoms with Gasteiger partial charge in [0.15, 0.2) is 0 Å². The number of nitrogens with one attached hydrogen (secondary N) is 3. The molecule has 0 unspecified atom stereocenters. The summed E-state index contributed by atoms with van der Waals surface area (Å²) in [6.07, 6.45) is 1.79. The molecule has 5 aromatic rings. The van der Waals surface area contributed by atoms with Crippen molar-refractivity contribution >= 4 is 39.8 Å². The van der Waals surface area contributed by atoms with Gasteiger partial charge in [-0.15, -0.1) is 0 Å². The first-order valence-corrected chi connectivity index (χ1v) is 11.7. The van der Waals surface area contributed by atoms with Crippen LogP contribution in [-0.2, 0) is 7.05 Å². The van der Waals surface area contributed by atoms with E-state index in [2.05, 4.69) is 15.6 Å². The van der Waals surface area contributed by atoms with Crippen molar-refractivity contribution in [3.8, 4) is 11.1 Å². The first-order valence-electron chi connectivity index (χ1n) is 11.7. The van der Waals surface area contributed by atoms with Crippen molar-refractivity contribution in [3.63, 3.8) is 0 Å². The summed E-state index contributed by atoms with van der Waals surface area (Å²) in [7, 11) is 1.69. The van der Waals surface area contributed by atoms with Crippen molar-refractivity contribution in [2.24, 2.45) is 7.05 Å². The van der Waals surface area contributed by atoms with Crippen LogP contribution in [0.5, 0.6) is 0 Å². The third kappa shape index (κ3) is 4.60. The predicted octanol–water partition coefficient (Wildman–Crippen LogP) is 4.93. The number of aromatic amines is 1. The number of fused-ring (bicyclic) bond motifs is 1. The molecule has 0 radical (unpaired) electrons. The predicted molar refractivity (Wildman–Crippen MR) is 147 cm³/mol. The first-order chi connectivity index (χ1) is 17.8. The van der Waals surface area contributed by atoms with Gasteiger partial charge in [-0.3, -0.25) is 14.4 Å². The molecule has 0 saturated carbocycles. The number of nitrogens with zero attached hydrogens (tertiary/aromatic N) is 1. The second-order valence-electron chi connectivity index (χ2n) is 8.82. The Morgan fingerprint density at radius 2 is 1.57 bits per heavy atom. The van der Waals surface area contributed by atoms with Gasteiger partial charge in [0.2, 0.25) is 0 Å². The highest BCUT2D eigenvalue weighted by Crippen LogP contribution is 2.30. The number of carbonyl (C=O) groups excluding carboxylic acids is 2. The number of amides is 2. The molecular weight excluding hydrogens is 466 g/mol. The first kappa shape index (κ1) is 23.6. The van der Waals surface area contributed by atoms with Gasteiger partial charge in [-0.1, -0.05) is 36.4 Å². The molecule has 8 nitrogen and oxygen atoms in total. The number of benzene rings is 3. The van der Waals surface area contributed by atoms with Gasteiger partial charge in [-0.05, 0) is 60.5 Å². The monoisotopic (exact) mass is 491 g/mol. The number of aryl methyl sites for hydroxylation is 2. The summed E-state index contributed by atoms with van der Waals surface area (Å²) >= 11 is 0. The highest BCUT2D eigenvalue weighted by atomic mass is 16.2. The summed E-state index contributed by atoms with van der Waals surface area (Å²) in [5.74, 6) is -0.714. The minimum absolute atomic E-state index is 0.221. The molecule has 2 aromatic heterocycles. The maximum Gasteiger partial charge on any atom is 0.274 e. The summed E-state index contributed by atoms with van der Waals surface area (Å²) < 4.78 is 1.51. The fourth-order valence-electron chi connectivity index (χ4n) is 4.25. The van der Waals surface area contributed by atoms with Gasteiger partial charge in [-0.2, -0.15) is 0 Å². The highest BCUT2D eigenvalue weighted by Gasteiger charge is 2.17. The summed E-state index contributed by atoms with van der Waals surface area (Å²) in [5.41, 5.74) is 11.1. The van der Waals surface area contributed by atoms with Crippen LogP contribution >= 0.6 is 0 Å². The molecule has 0 saturated heterocycles. The molecule has 0 fully saturated rings. The zero-order chi connectivity index (χ0) is 26.1. The van der Waals surface area contributed by atoms with Crippen LogP contribution < -0.4 is 21.9 Å². The lowest BCUT2D eigenvalue weighted by Gasteiger charge is -2.09. The Bertz CT molecular complexity index is 1710. The second kappa shape index (κ2) is 9.50. The molecule has 37 heavy (non-hydrogen) atoms. The number of nitrogen functional groups attached to an aromatic ring is 1. The van der Waals surface area contributed by atoms with Crippen LogP contribution in [0.15, 0.2) is 89.9 Å². The van der Waals surface area contributed by atoms with Crippen molar-refractivity contribution in [2.75, 3.05) is 16.4 Å². The number of pyridine rings is 1. The van der Waals surface area contributed by atoms with Gasteiger partial charge in [0.05, 0.1) is 11.4 Å². The fourth-order valence-corrected chi connectivity index (χ4v) is 4.25. The van der Waals surface area contributed by atoms with Gasteiger partial charge in [-0.25, -0.2) is 0 Å². The van der Waals surface area contributed by atoms with E-state index < -0.39 is 5.91 Å². The molecular formula is C29H25N5O3. The van der Waals surface area contributed by atoms with E-state index in [1.54, 1.807) is 67.8 Å². The van der Waals surface area contributed by atoms with E-state index >= 15 is 0 Å². The maximum atomic E-state index is 13.0. The summed E-state index contributed by atoms with van der Waals surface area (Å²) in [6.45, 7) is 2.01. The van der Waals surface area contributed by atoms with E-state index in [0.717, 1.165) is 16.7 Å². The van der Waals surface area contributed by atoms with E-state index in [-0.39, 0.29) is 17.2 Å². The number of rotatable bonds is 5. The Morgan fingerprint density at radius 3 is 2.30 bits per heavy atom. The van der Waals surface area contributed by atoms with Crippen molar-refractivity contribution in [1.82, 2.24) is 9.55 Å². The molecule has 5 rings (SSSR count). The number of H-pyrrole nitrogens is 1. The smallest absolute Gasteiger partial charge is 0.274 e. The summed E-state index contributed by atoms with van der Waals surface area (Å²) in [5, 5.41) is 6.27. The summed E-state index contributed by atoms with van der Waals surface area (Å²) in [6, 6.07) is 23.1. The number of hydrogen-bond donors (Lipinski definition) is 4. The maximum absolute atomic E-state index is 13.0. The fraction of sp³-hybridized carbons (Fsp3) is 0.0690. The van der Waals surface area contributed by atoms with E-state index in [1.807, 2.05) is 31.2 Å². The average molecular weight is 492 g/mol. The second-order valence-corrected chi connectivity index (χ2v) is 8.82. The number of para-hydroxylation sites is 2. The minimum Gasteiger partial charge on any atom is -0.397 e. The van der Waals surface area contributed by atoms with Crippen LogP contribution in [-0.4, -0.2) is 21.4 Å². The SMILES string of the molecule is Cc1ccccc1-c1cn(C)c(=O)c2[nH]c(C(=O)Nc3ccc(C(=O)Nc4ccccc4N)cc3)cc12. The third-order valence-electron chi connectivity index (χ3n) is 6.26. The van der Waals surface area contributed by atoms with Gasteiger partial charge < -0.3 is 25.9 Å². The van der Waals surface area contributed by atoms with Gasteiger partial charge >= 0.3 is 0 Å². The zero-order valence-corrected chi connectivity index (χ0v) is 20.3. The van der Waals surface area contributed by atoms with E-state index in [0.29, 0.717) is 33.5 Å². The number of aromatic nitrogens is 2. The Morgan fingerprint density at radius 1 is 0.865 bits per heavy atom. The van der Waals surface area contributed by atoms with E-state index in [9.17, 15) is 14.4 Å². The lowest BCUT2D eigenvalue weighted by Crippen LogP contribution is -2.17. The van der Waals surface area contributed by atoms with Crippen LogP contribution in [0.2, 0.25) is 0 Å². The Balaban J connectivity index is 1.39. The van der Waals surface area contributed by atoms with Crippen molar-refractivity contribution in [2.45, 2.75) is 6.92 Å². The lowest BCUT2D eigenvalue weighted by atomic mass is 9.99. The molecule has 0 bridgehead atoms. The Labute approximate surface area is 212 Å². The van der Waals surface area contributed by atoms with Crippen molar-refractivity contribution in [3.05, 3.63) is 112 Å². The van der Waals surface area contributed by atoms with Gasteiger partial charge in [0, 0.05) is 35.4 Å². The molecule has 0 spiro atoms. The normalized spacial score (nSPS) is 10.9. The molecule has 0 aliphatic rings. The van der Waals surface area contributed by atoms with Crippen LogP contribution in [0.25, 0.3) is 22.0 Å². The molecule has 184 valence electrons. The van der Waals surface area contributed by atoms with E-state index in [1.165, 1.54) is 4.57 Å². The van der Waals surface area contributed by atoms with Gasteiger partial charge in [0.25, 0.3) is 17.4 Å². The molecule has 3 aromatic carbocycles. The summed E-state index contributed by atoms with van der Waals surface area (Å²) in [4.78, 5) is 41.4. The zero-order valence-electron chi connectivity index (χ0n) is 20.3. The Kier molecular flexibility index (Phi) is 6.07. The molecule has 5 N–H and O–H groups in total.